The Balaban J connectivity index is 1.45. The molecule has 3 atom stereocenters. The monoisotopic (exact) mass is 396 g/mol. The van der Waals surface area contributed by atoms with Crippen LogP contribution in [0.25, 0.3) is 0 Å². The minimum absolute atomic E-state index is 0.0262. The van der Waals surface area contributed by atoms with Gasteiger partial charge >= 0.3 is 0 Å². The molecular formula is C24H32N2O3. The maximum atomic E-state index is 13.4. The zero-order valence-electron chi connectivity index (χ0n) is 17.7. The van der Waals surface area contributed by atoms with Crippen LogP contribution >= 0.6 is 0 Å². The minimum Gasteiger partial charge on any atom is -0.339 e. The molecule has 3 aliphatic rings. The third-order valence-electron chi connectivity index (χ3n) is 6.93. The summed E-state index contributed by atoms with van der Waals surface area (Å²) >= 11 is 0. The number of benzene rings is 1. The minimum atomic E-state index is -0.143. The molecule has 2 amide bonds. The zero-order chi connectivity index (χ0) is 20.5. The lowest BCUT2D eigenvalue weighted by Crippen LogP contribution is -2.49. The SMILES string of the molecule is Cc1cc(C)cc(C(=O)N2CCC[C@H](C(=O)N3CCC[C@@H]3[C@@H]3CCCC3=O)C2)c1. The molecule has 5 heteroatoms. The number of amides is 2. The highest BCUT2D eigenvalue weighted by molar-refractivity contribution is 5.95. The van der Waals surface area contributed by atoms with E-state index in [0.29, 0.717) is 30.9 Å². The van der Waals surface area contributed by atoms with Crippen LogP contribution in [0.3, 0.4) is 0 Å². The fraction of sp³-hybridized carbons (Fsp3) is 0.625. The quantitative estimate of drug-likeness (QED) is 0.786. The van der Waals surface area contributed by atoms with Gasteiger partial charge in [0.25, 0.3) is 5.91 Å². The largest absolute Gasteiger partial charge is 0.339 e. The maximum absolute atomic E-state index is 13.4. The Bertz CT molecular complexity index is 798. The molecule has 29 heavy (non-hydrogen) atoms. The molecule has 1 aromatic carbocycles. The molecule has 3 fully saturated rings. The molecule has 0 N–H and O–H groups in total. The van der Waals surface area contributed by atoms with Crippen molar-refractivity contribution in [3.05, 3.63) is 34.9 Å². The molecule has 4 rings (SSSR count). The number of carbonyl (C=O) groups is 3. The molecule has 0 radical (unpaired) electrons. The highest BCUT2D eigenvalue weighted by Gasteiger charge is 2.42. The van der Waals surface area contributed by atoms with Gasteiger partial charge in [0.15, 0.2) is 0 Å². The van der Waals surface area contributed by atoms with E-state index in [2.05, 4.69) is 6.07 Å². The predicted molar refractivity (Wildman–Crippen MR) is 112 cm³/mol. The number of rotatable bonds is 3. The van der Waals surface area contributed by atoms with Gasteiger partial charge in [-0.2, -0.15) is 0 Å². The molecule has 1 saturated carbocycles. The lowest BCUT2D eigenvalue weighted by atomic mass is 9.92. The van der Waals surface area contributed by atoms with Crippen LogP contribution in [0.1, 0.15) is 66.4 Å². The van der Waals surface area contributed by atoms with Crippen LogP contribution in [0, 0.1) is 25.7 Å². The third-order valence-corrected chi connectivity index (χ3v) is 6.93. The van der Waals surface area contributed by atoms with Crippen LogP contribution in [0.15, 0.2) is 18.2 Å². The zero-order valence-corrected chi connectivity index (χ0v) is 17.7. The first-order chi connectivity index (χ1) is 13.9. The number of ketones is 1. The van der Waals surface area contributed by atoms with Gasteiger partial charge in [0.2, 0.25) is 5.91 Å². The van der Waals surface area contributed by atoms with Gasteiger partial charge in [0, 0.05) is 43.6 Å². The van der Waals surface area contributed by atoms with Crippen molar-refractivity contribution in [2.24, 2.45) is 11.8 Å². The number of likely N-dealkylation sites (tertiary alicyclic amines) is 2. The van der Waals surface area contributed by atoms with Crippen molar-refractivity contribution < 1.29 is 14.4 Å². The van der Waals surface area contributed by atoms with E-state index >= 15 is 0 Å². The van der Waals surface area contributed by atoms with E-state index in [0.717, 1.165) is 56.2 Å². The van der Waals surface area contributed by atoms with Crippen LogP contribution in [0.4, 0.5) is 0 Å². The first kappa shape index (κ1) is 20.1. The standard InChI is InChI=1S/C24H32N2O3/c1-16-12-17(2)14-19(13-16)23(28)25-10-4-6-18(15-25)24(29)26-11-5-8-21(26)20-7-3-9-22(20)27/h12-14,18,20-21H,3-11,15H2,1-2H3/t18-,20-,21+/m0/s1. The fourth-order valence-corrected chi connectivity index (χ4v) is 5.61. The number of aryl methyl sites for hydroxylation is 2. The molecule has 2 saturated heterocycles. The van der Waals surface area contributed by atoms with Gasteiger partial charge < -0.3 is 9.80 Å². The summed E-state index contributed by atoms with van der Waals surface area (Å²) < 4.78 is 0. The predicted octanol–water partition coefficient (Wildman–Crippen LogP) is 3.52. The second-order valence-electron chi connectivity index (χ2n) is 9.17. The van der Waals surface area contributed by atoms with Gasteiger partial charge in [0.1, 0.15) is 5.78 Å². The van der Waals surface area contributed by atoms with Crippen molar-refractivity contribution in [2.45, 2.75) is 64.8 Å². The van der Waals surface area contributed by atoms with Gasteiger partial charge in [-0.05, 0) is 64.5 Å². The number of hydrogen-bond acceptors (Lipinski definition) is 3. The van der Waals surface area contributed by atoms with E-state index in [4.69, 9.17) is 0 Å². The Morgan fingerprint density at radius 2 is 1.66 bits per heavy atom. The summed E-state index contributed by atoms with van der Waals surface area (Å²) in [4.78, 5) is 42.5. The van der Waals surface area contributed by atoms with E-state index in [1.54, 1.807) is 0 Å². The van der Waals surface area contributed by atoms with Crippen molar-refractivity contribution in [2.75, 3.05) is 19.6 Å². The molecule has 1 aromatic rings. The summed E-state index contributed by atoms with van der Waals surface area (Å²) in [6, 6.07) is 6.02. The topological polar surface area (TPSA) is 57.7 Å². The molecule has 0 spiro atoms. The Morgan fingerprint density at radius 3 is 2.34 bits per heavy atom. The normalized spacial score (nSPS) is 27.5. The number of nitrogens with zero attached hydrogens (tertiary/aromatic N) is 2. The van der Waals surface area contributed by atoms with Crippen LogP contribution in [-0.4, -0.2) is 53.1 Å². The molecule has 1 aliphatic carbocycles. The van der Waals surface area contributed by atoms with Crippen LogP contribution < -0.4 is 0 Å². The van der Waals surface area contributed by atoms with Gasteiger partial charge in [-0.1, -0.05) is 17.2 Å². The van der Waals surface area contributed by atoms with Crippen LogP contribution in [-0.2, 0) is 9.59 Å². The third kappa shape index (κ3) is 4.10. The number of hydrogen-bond donors (Lipinski definition) is 0. The summed E-state index contributed by atoms with van der Waals surface area (Å²) in [5.41, 5.74) is 2.88. The molecule has 2 aliphatic heterocycles. The average Bonchev–Trinajstić information content (AvgIpc) is 3.34. The van der Waals surface area contributed by atoms with Crippen LogP contribution in [0.5, 0.6) is 0 Å². The summed E-state index contributed by atoms with van der Waals surface area (Å²) in [5, 5.41) is 0. The van der Waals surface area contributed by atoms with Crippen molar-refractivity contribution >= 4 is 17.6 Å². The highest BCUT2D eigenvalue weighted by atomic mass is 16.2. The molecule has 0 aromatic heterocycles. The summed E-state index contributed by atoms with van der Waals surface area (Å²) in [6.45, 7) is 5.97. The van der Waals surface area contributed by atoms with Crippen LogP contribution in [0.2, 0.25) is 0 Å². The number of piperidine rings is 1. The lowest BCUT2D eigenvalue weighted by molar-refractivity contribution is -0.139. The average molecular weight is 397 g/mol. The first-order valence-electron chi connectivity index (χ1n) is 11.1. The van der Waals surface area contributed by atoms with Gasteiger partial charge in [-0.15, -0.1) is 0 Å². The van der Waals surface area contributed by atoms with Gasteiger partial charge in [-0.25, -0.2) is 0 Å². The Kier molecular flexibility index (Phi) is 5.75. The number of Topliss-reactive ketones (excluding diaryl/α,β-unsaturated/α-hetero) is 1. The van der Waals surface area contributed by atoms with E-state index in [-0.39, 0.29) is 29.7 Å². The van der Waals surface area contributed by atoms with E-state index < -0.39 is 0 Å². The molecule has 0 unspecified atom stereocenters. The molecule has 5 nitrogen and oxygen atoms in total. The van der Waals surface area contributed by atoms with E-state index in [1.807, 2.05) is 35.8 Å². The van der Waals surface area contributed by atoms with E-state index in [1.165, 1.54) is 0 Å². The van der Waals surface area contributed by atoms with Crippen molar-refractivity contribution in [1.29, 1.82) is 0 Å². The molecule has 156 valence electrons. The molecule has 2 heterocycles. The van der Waals surface area contributed by atoms with Gasteiger partial charge in [-0.3, -0.25) is 14.4 Å². The summed E-state index contributed by atoms with van der Waals surface area (Å²) in [6.07, 6.45) is 6.17. The fourth-order valence-electron chi connectivity index (χ4n) is 5.61. The summed E-state index contributed by atoms with van der Waals surface area (Å²) in [7, 11) is 0. The van der Waals surface area contributed by atoms with E-state index in [9.17, 15) is 14.4 Å². The summed E-state index contributed by atoms with van der Waals surface area (Å²) in [5.74, 6) is 0.419. The number of carbonyl (C=O) groups excluding carboxylic acids is 3. The van der Waals surface area contributed by atoms with Gasteiger partial charge in [0.05, 0.1) is 5.92 Å². The van der Waals surface area contributed by atoms with Crippen molar-refractivity contribution in [1.82, 2.24) is 9.80 Å². The Morgan fingerprint density at radius 1 is 0.931 bits per heavy atom. The smallest absolute Gasteiger partial charge is 0.253 e. The highest BCUT2D eigenvalue weighted by Crippen LogP contribution is 2.35. The molecule has 0 bridgehead atoms. The molecular weight excluding hydrogens is 364 g/mol. The maximum Gasteiger partial charge on any atom is 0.253 e. The second kappa shape index (κ2) is 8.29. The second-order valence-corrected chi connectivity index (χ2v) is 9.17. The Labute approximate surface area is 173 Å². The first-order valence-corrected chi connectivity index (χ1v) is 11.1. The van der Waals surface area contributed by atoms with Crippen molar-refractivity contribution in [3.8, 4) is 0 Å². The Hall–Kier alpha value is -2.17. The van der Waals surface area contributed by atoms with Crippen molar-refractivity contribution in [3.63, 3.8) is 0 Å². The lowest BCUT2D eigenvalue weighted by Gasteiger charge is -2.37.